The summed E-state index contributed by atoms with van der Waals surface area (Å²) in [5.41, 5.74) is 4.36. The maximum atomic E-state index is 12.3. The monoisotopic (exact) mass is 405 g/mol. The number of aryl methyl sites for hydroxylation is 1. The average molecular weight is 405 g/mol. The number of halogens is 3. The highest BCUT2D eigenvalue weighted by atomic mass is 19.4. The van der Waals surface area contributed by atoms with Crippen LogP contribution in [-0.2, 0) is 19.4 Å². The number of nitrogens with zero attached hydrogens (tertiary/aromatic N) is 1. The van der Waals surface area contributed by atoms with E-state index >= 15 is 0 Å². The molecule has 0 aliphatic carbocycles. The maximum absolute atomic E-state index is 12.3. The summed E-state index contributed by atoms with van der Waals surface area (Å²) in [7, 11) is 0. The minimum atomic E-state index is -4.34. The molecule has 3 aromatic rings. The zero-order chi connectivity index (χ0) is 20.9. The standard InChI is InChI=1S/C22H26F3N3O/c1-2-4-16-7-8-21-20(12-16)18(14-28(21)26)9-10-27-13-17-5-3-6-19(11-17)29-15-22(23,24)25/h3,5-8,11-12,14,27H,2,4,9-10,13,15,26H2,1H3. The lowest BCUT2D eigenvalue weighted by atomic mass is 10.0. The molecule has 1 heterocycles. The van der Waals surface area contributed by atoms with Gasteiger partial charge >= 0.3 is 6.18 Å². The molecule has 0 spiro atoms. The van der Waals surface area contributed by atoms with E-state index in [0.717, 1.165) is 36.9 Å². The summed E-state index contributed by atoms with van der Waals surface area (Å²) in [5.74, 6) is 6.29. The van der Waals surface area contributed by atoms with Gasteiger partial charge in [-0.15, -0.1) is 0 Å². The molecule has 156 valence electrons. The Bertz CT molecular complexity index is 950. The van der Waals surface area contributed by atoms with Crippen LogP contribution in [0.15, 0.2) is 48.7 Å². The van der Waals surface area contributed by atoms with Gasteiger partial charge in [-0.25, -0.2) is 0 Å². The van der Waals surface area contributed by atoms with Gasteiger partial charge in [-0.05, 0) is 60.3 Å². The average Bonchev–Trinajstić information content (AvgIpc) is 2.99. The molecule has 3 N–H and O–H groups in total. The fourth-order valence-electron chi connectivity index (χ4n) is 3.38. The van der Waals surface area contributed by atoms with Crippen molar-refractivity contribution < 1.29 is 17.9 Å². The van der Waals surface area contributed by atoms with Crippen molar-refractivity contribution in [2.45, 2.75) is 38.9 Å². The first-order valence-electron chi connectivity index (χ1n) is 9.73. The van der Waals surface area contributed by atoms with E-state index in [1.54, 1.807) is 16.8 Å². The van der Waals surface area contributed by atoms with Gasteiger partial charge in [0.2, 0.25) is 0 Å². The Labute approximate surface area is 168 Å². The molecule has 2 aromatic carbocycles. The Morgan fingerprint density at radius 2 is 1.90 bits per heavy atom. The normalized spacial score (nSPS) is 11.9. The molecule has 4 nitrogen and oxygen atoms in total. The van der Waals surface area contributed by atoms with E-state index in [1.165, 1.54) is 22.6 Å². The number of rotatable bonds is 9. The third kappa shape index (κ3) is 5.90. The first-order valence-corrected chi connectivity index (χ1v) is 9.73. The number of benzene rings is 2. The first-order chi connectivity index (χ1) is 13.9. The Hall–Kier alpha value is -2.67. The van der Waals surface area contributed by atoms with Crippen molar-refractivity contribution in [2.75, 3.05) is 19.0 Å². The molecule has 0 fully saturated rings. The van der Waals surface area contributed by atoms with Crippen LogP contribution in [0.5, 0.6) is 5.75 Å². The molecular formula is C22H26F3N3O. The number of alkyl halides is 3. The second-order valence-electron chi connectivity index (χ2n) is 7.14. The van der Waals surface area contributed by atoms with Crippen LogP contribution in [-0.4, -0.2) is 24.0 Å². The topological polar surface area (TPSA) is 52.2 Å². The molecule has 29 heavy (non-hydrogen) atoms. The van der Waals surface area contributed by atoms with Crippen molar-refractivity contribution in [3.63, 3.8) is 0 Å². The summed E-state index contributed by atoms with van der Waals surface area (Å²) in [4.78, 5) is 0. The molecule has 0 saturated heterocycles. The van der Waals surface area contributed by atoms with Crippen LogP contribution < -0.4 is 15.9 Å². The summed E-state index contributed by atoms with van der Waals surface area (Å²) < 4.78 is 43.3. The van der Waals surface area contributed by atoms with Crippen LogP contribution in [0.25, 0.3) is 10.9 Å². The molecule has 0 bridgehead atoms. The van der Waals surface area contributed by atoms with Crippen LogP contribution in [0.4, 0.5) is 13.2 Å². The minimum Gasteiger partial charge on any atom is -0.484 e. The molecule has 0 radical (unpaired) electrons. The van der Waals surface area contributed by atoms with Crippen molar-refractivity contribution in [2.24, 2.45) is 0 Å². The Balaban J connectivity index is 1.56. The molecular weight excluding hydrogens is 379 g/mol. The van der Waals surface area contributed by atoms with E-state index in [1.807, 2.05) is 12.3 Å². The lowest BCUT2D eigenvalue weighted by Crippen LogP contribution is -2.19. The van der Waals surface area contributed by atoms with Gasteiger partial charge < -0.3 is 15.9 Å². The number of hydrogen-bond acceptors (Lipinski definition) is 3. The predicted octanol–water partition coefficient (Wildman–Crippen LogP) is 4.58. The Morgan fingerprint density at radius 1 is 1.07 bits per heavy atom. The van der Waals surface area contributed by atoms with Gasteiger partial charge in [-0.3, -0.25) is 4.68 Å². The molecule has 0 unspecified atom stereocenters. The van der Waals surface area contributed by atoms with Crippen LogP contribution in [0.3, 0.4) is 0 Å². The quantitative estimate of drug-likeness (QED) is 0.405. The van der Waals surface area contributed by atoms with Gasteiger partial charge in [-0.2, -0.15) is 13.2 Å². The molecule has 0 amide bonds. The minimum absolute atomic E-state index is 0.219. The SMILES string of the molecule is CCCc1ccc2c(c1)c(CCNCc1cccc(OCC(F)(F)F)c1)cn2N. The van der Waals surface area contributed by atoms with E-state index in [0.29, 0.717) is 6.54 Å². The van der Waals surface area contributed by atoms with Gasteiger partial charge in [-0.1, -0.05) is 31.5 Å². The molecule has 3 rings (SSSR count). The fourth-order valence-corrected chi connectivity index (χ4v) is 3.38. The second kappa shape index (κ2) is 9.22. The van der Waals surface area contributed by atoms with Gasteiger partial charge in [0.05, 0.1) is 5.52 Å². The van der Waals surface area contributed by atoms with Crippen molar-refractivity contribution in [3.05, 3.63) is 65.4 Å². The van der Waals surface area contributed by atoms with Crippen LogP contribution in [0, 0.1) is 0 Å². The number of fused-ring (bicyclic) bond motifs is 1. The number of nitrogens with one attached hydrogen (secondary N) is 1. The van der Waals surface area contributed by atoms with Crippen LogP contribution >= 0.6 is 0 Å². The second-order valence-corrected chi connectivity index (χ2v) is 7.14. The third-order valence-electron chi connectivity index (χ3n) is 4.72. The van der Waals surface area contributed by atoms with E-state index in [2.05, 4.69) is 30.4 Å². The van der Waals surface area contributed by atoms with Crippen LogP contribution in [0.2, 0.25) is 0 Å². The van der Waals surface area contributed by atoms with Gasteiger partial charge in [0.25, 0.3) is 0 Å². The van der Waals surface area contributed by atoms with E-state index in [-0.39, 0.29) is 5.75 Å². The number of aromatic nitrogens is 1. The van der Waals surface area contributed by atoms with Gasteiger partial charge in [0, 0.05) is 18.1 Å². The number of ether oxygens (including phenoxy) is 1. The zero-order valence-electron chi connectivity index (χ0n) is 16.4. The highest BCUT2D eigenvalue weighted by Crippen LogP contribution is 2.23. The number of hydrogen-bond donors (Lipinski definition) is 2. The van der Waals surface area contributed by atoms with E-state index in [9.17, 15) is 13.2 Å². The van der Waals surface area contributed by atoms with E-state index in [4.69, 9.17) is 10.6 Å². The lowest BCUT2D eigenvalue weighted by molar-refractivity contribution is -0.153. The summed E-state index contributed by atoms with van der Waals surface area (Å²) in [6.45, 7) is 2.15. The third-order valence-corrected chi connectivity index (χ3v) is 4.72. The molecule has 0 aliphatic rings. The van der Waals surface area contributed by atoms with Crippen molar-refractivity contribution >= 4 is 10.9 Å². The number of nitrogens with two attached hydrogens (primary N) is 1. The summed E-state index contributed by atoms with van der Waals surface area (Å²) in [5, 5.41) is 4.50. The fraction of sp³-hybridized carbons (Fsp3) is 0.364. The molecule has 7 heteroatoms. The van der Waals surface area contributed by atoms with Gasteiger partial charge in [0.15, 0.2) is 6.61 Å². The smallest absolute Gasteiger partial charge is 0.422 e. The zero-order valence-corrected chi connectivity index (χ0v) is 16.4. The van der Waals surface area contributed by atoms with E-state index < -0.39 is 12.8 Å². The number of nitrogen functional groups attached to an aromatic ring is 1. The predicted molar refractivity (Wildman–Crippen MR) is 109 cm³/mol. The first kappa shape index (κ1) is 21.0. The molecule has 0 atom stereocenters. The maximum Gasteiger partial charge on any atom is 0.422 e. The largest absolute Gasteiger partial charge is 0.484 e. The summed E-state index contributed by atoms with van der Waals surface area (Å²) in [6, 6.07) is 13.1. The Morgan fingerprint density at radius 3 is 2.66 bits per heavy atom. The van der Waals surface area contributed by atoms with Gasteiger partial charge in [0.1, 0.15) is 5.75 Å². The van der Waals surface area contributed by atoms with Crippen molar-refractivity contribution in [1.29, 1.82) is 0 Å². The highest BCUT2D eigenvalue weighted by molar-refractivity contribution is 5.84. The van der Waals surface area contributed by atoms with Crippen molar-refractivity contribution in [3.8, 4) is 5.75 Å². The summed E-state index contributed by atoms with van der Waals surface area (Å²) in [6.07, 6.45) is 0.551. The molecule has 1 aromatic heterocycles. The summed E-state index contributed by atoms with van der Waals surface area (Å²) >= 11 is 0. The van der Waals surface area contributed by atoms with Crippen LogP contribution in [0.1, 0.15) is 30.0 Å². The highest BCUT2D eigenvalue weighted by Gasteiger charge is 2.28. The molecule has 0 aliphatic heterocycles. The molecule has 0 saturated carbocycles. The lowest BCUT2D eigenvalue weighted by Gasteiger charge is -2.10. The van der Waals surface area contributed by atoms with Crippen molar-refractivity contribution in [1.82, 2.24) is 9.99 Å². The Kier molecular flexibility index (Phi) is 6.69.